The highest BCUT2D eigenvalue weighted by Gasteiger charge is 2.66. The standard InChI is InChI=1S/C23H36IN3O4/c1-17-18(24)9-26-27(17)16-22-11-20(2)10-21(3,12-22)14-23(13-20,15-22)31-8-7-30-19(28)25-5-6-29-4/h9H,5-8,10-16H2,1-4H3,(H,25,28). The van der Waals surface area contributed by atoms with E-state index in [0.717, 1.165) is 25.8 Å². The Morgan fingerprint density at radius 3 is 2.45 bits per heavy atom. The van der Waals surface area contributed by atoms with Gasteiger partial charge in [-0.3, -0.25) is 4.68 Å². The largest absolute Gasteiger partial charge is 0.447 e. The highest BCUT2D eigenvalue weighted by atomic mass is 127. The second-order valence-corrected chi connectivity index (χ2v) is 12.2. The number of aromatic nitrogens is 2. The first-order chi connectivity index (χ1) is 14.6. The number of halogens is 1. The fourth-order valence-electron chi connectivity index (χ4n) is 7.75. The molecule has 174 valence electrons. The number of amides is 1. The lowest BCUT2D eigenvalue weighted by molar-refractivity contribution is -0.249. The zero-order valence-corrected chi connectivity index (χ0v) is 21.4. The molecule has 1 aromatic rings. The molecule has 4 aliphatic carbocycles. The lowest BCUT2D eigenvalue weighted by Gasteiger charge is -2.69. The van der Waals surface area contributed by atoms with Gasteiger partial charge in [0.05, 0.1) is 28.6 Å². The van der Waals surface area contributed by atoms with Gasteiger partial charge in [-0.25, -0.2) is 4.79 Å². The topological polar surface area (TPSA) is 74.6 Å². The van der Waals surface area contributed by atoms with Gasteiger partial charge in [-0.15, -0.1) is 0 Å². The summed E-state index contributed by atoms with van der Waals surface area (Å²) in [4.78, 5) is 11.8. The molecule has 5 rings (SSSR count). The van der Waals surface area contributed by atoms with E-state index in [1.54, 1.807) is 7.11 Å². The maximum absolute atomic E-state index is 11.8. The van der Waals surface area contributed by atoms with Crippen molar-refractivity contribution in [1.82, 2.24) is 15.1 Å². The van der Waals surface area contributed by atoms with Gasteiger partial charge in [0, 0.05) is 25.9 Å². The van der Waals surface area contributed by atoms with Gasteiger partial charge in [-0.1, -0.05) is 13.8 Å². The third kappa shape index (κ3) is 4.90. The smallest absolute Gasteiger partial charge is 0.407 e. The molecule has 0 aromatic carbocycles. The average molecular weight is 545 g/mol. The predicted octanol–water partition coefficient (Wildman–Crippen LogP) is 4.30. The van der Waals surface area contributed by atoms with Gasteiger partial charge in [0.25, 0.3) is 0 Å². The van der Waals surface area contributed by atoms with Crippen LogP contribution in [0.4, 0.5) is 4.79 Å². The molecular weight excluding hydrogens is 509 g/mol. The minimum atomic E-state index is -0.412. The molecule has 1 amide bonds. The molecule has 4 fully saturated rings. The number of nitrogens with one attached hydrogen (secondary N) is 1. The molecular formula is C23H36IN3O4. The molecule has 0 spiro atoms. The molecule has 2 unspecified atom stereocenters. The van der Waals surface area contributed by atoms with Crippen molar-refractivity contribution < 1.29 is 19.0 Å². The van der Waals surface area contributed by atoms with Crippen molar-refractivity contribution in [2.45, 2.75) is 71.4 Å². The van der Waals surface area contributed by atoms with Gasteiger partial charge in [0.1, 0.15) is 6.61 Å². The molecule has 4 aliphatic rings. The Balaban J connectivity index is 1.42. The molecule has 0 radical (unpaired) electrons. The Labute approximate surface area is 199 Å². The van der Waals surface area contributed by atoms with Crippen molar-refractivity contribution in [1.29, 1.82) is 0 Å². The third-order valence-corrected chi connectivity index (χ3v) is 8.54. The van der Waals surface area contributed by atoms with E-state index in [0.29, 0.717) is 30.6 Å². The number of carbonyl (C=O) groups is 1. The minimum Gasteiger partial charge on any atom is -0.447 e. The number of carbonyl (C=O) groups excluding carboxylic acids is 1. The maximum atomic E-state index is 11.8. The Bertz CT molecular complexity index is 808. The van der Waals surface area contributed by atoms with Gasteiger partial charge >= 0.3 is 6.09 Å². The van der Waals surface area contributed by atoms with Crippen molar-refractivity contribution in [2.75, 3.05) is 33.5 Å². The van der Waals surface area contributed by atoms with Crippen molar-refractivity contribution in [3.63, 3.8) is 0 Å². The molecule has 31 heavy (non-hydrogen) atoms. The number of ether oxygens (including phenoxy) is 3. The van der Waals surface area contributed by atoms with E-state index in [4.69, 9.17) is 14.2 Å². The normalized spacial score (nSPS) is 36.0. The zero-order valence-electron chi connectivity index (χ0n) is 19.3. The molecule has 0 saturated heterocycles. The van der Waals surface area contributed by atoms with Gasteiger partial charge in [-0.05, 0) is 84.3 Å². The Morgan fingerprint density at radius 1 is 1.13 bits per heavy atom. The van der Waals surface area contributed by atoms with E-state index in [1.165, 1.54) is 28.5 Å². The van der Waals surface area contributed by atoms with Crippen LogP contribution in [0.3, 0.4) is 0 Å². The monoisotopic (exact) mass is 545 g/mol. The Morgan fingerprint density at radius 2 is 1.84 bits per heavy atom. The van der Waals surface area contributed by atoms with E-state index in [1.807, 2.05) is 6.20 Å². The van der Waals surface area contributed by atoms with Gasteiger partial charge in [-0.2, -0.15) is 5.10 Å². The second kappa shape index (κ2) is 8.48. The van der Waals surface area contributed by atoms with Gasteiger partial charge in [0.2, 0.25) is 0 Å². The summed E-state index contributed by atoms with van der Waals surface area (Å²) in [6.45, 7) is 9.69. The Kier molecular flexibility index (Phi) is 6.37. The fourth-order valence-corrected chi connectivity index (χ4v) is 8.15. The summed E-state index contributed by atoms with van der Waals surface area (Å²) >= 11 is 2.37. The maximum Gasteiger partial charge on any atom is 0.407 e. The number of rotatable bonds is 9. The summed E-state index contributed by atoms with van der Waals surface area (Å²) in [5.41, 5.74) is 1.96. The highest BCUT2D eigenvalue weighted by Crippen LogP contribution is 2.72. The first kappa shape index (κ1) is 23.3. The summed E-state index contributed by atoms with van der Waals surface area (Å²) in [5.74, 6) is 0. The van der Waals surface area contributed by atoms with Crippen molar-refractivity contribution >= 4 is 28.7 Å². The Hall–Kier alpha value is -0.870. The molecule has 1 N–H and O–H groups in total. The van der Waals surface area contributed by atoms with Crippen molar-refractivity contribution in [2.24, 2.45) is 16.2 Å². The quantitative estimate of drug-likeness (QED) is 0.370. The SMILES string of the molecule is COCCNC(=O)OCCOC12CC3(C)CC(C)(CC(Cn4ncc(I)c4C)(C3)C1)C2. The number of nitrogens with zero attached hydrogens (tertiary/aromatic N) is 2. The first-order valence-corrected chi connectivity index (χ1v) is 12.4. The molecule has 7 nitrogen and oxygen atoms in total. The molecule has 2 atom stereocenters. The highest BCUT2D eigenvalue weighted by molar-refractivity contribution is 14.1. The van der Waals surface area contributed by atoms with Gasteiger partial charge in [0.15, 0.2) is 0 Å². The second-order valence-electron chi connectivity index (χ2n) is 11.0. The van der Waals surface area contributed by atoms with Gasteiger partial charge < -0.3 is 19.5 Å². The van der Waals surface area contributed by atoms with Crippen LogP contribution in [0.5, 0.6) is 0 Å². The van der Waals surface area contributed by atoms with Crippen LogP contribution in [0.25, 0.3) is 0 Å². The number of alkyl carbamates (subject to hydrolysis) is 1. The molecule has 0 aliphatic heterocycles. The van der Waals surface area contributed by atoms with E-state index in [-0.39, 0.29) is 17.6 Å². The van der Waals surface area contributed by atoms with E-state index < -0.39 is 6.09 Å². The molecule has 1 heterocycles. The lowest BCUT2D eigenvalue weighted by Crippen LogP contribution is -2.64. The number of hydrogen-bond donors (Lipinski definition) is 1. The summed E-state index contributed by atoms with van der Waals surface area (Å²) in [6.07, 6.45) is 8.61. The summed E-state index contributed by atoms with van der Waals surface area (Å²) in [7, 11) is 1.61. The number of methoxy groups -OCH3 is 1. The summed E-state index contributed by atoms with van der Waals surface area (Å²) in [5, 5.41) is 7.36. The summed E-state index contributed by atoms with van der Waals surface area (Å²) < 4.78 is 20.3. The molecule has 8 heteroatoms. The number of hydrogen-bond acceptors (Lipinski definition) is 5. The van der Waals surface area contributed by atoms with Crippen LogP contribution >= 0.6 is 22.6 Å². The van der Waals surface area contributed by atoms with Crippen LogP contribution < -0.4 is 5.32 Å². The lowest BCUT2D eigenvalue weighted by atomic mass is 9.39. The van der Waals surface area contributed by atoms with Crippen LogP contribution in [-0.2, 0) is 20.8 Å². The third-order valence-electron chi connectivity index (χ3n) is 7.48. The fraction of sp³-hybridized carbons (Fsp3) is 0.826. The minimum absolute atomic E-state index is 0.123. The van der Waals surface area contributed by atoms with E-state index >= 15 is 0 Å². The zero-order chi connectivity index (χ0) is 22.3. The van der Waals surface area contributed by atoms with Crippen LogP contribution in [0, 0.1) is 26.7 Å². The first-order valence-electron chi connectivity index (χ1n) is 11.3. The summed E-state index contributed by atoms with van der Waals surface area (Å²) in [6, 6.07) is 0. The molecule has 1 aromatic heterocycles. The van der Waals surface area contributed by atoms with E-state index in [9.17, 15) is 4.79 Å². The predicted molar refractivity (Wildman–Crippen MR) is 126 cm³/mol. The van der Waals surface area contributed by atoms with Crippen LogP contribution in [0.2, 0.25) is 0 Å². The molecule has 4 bridgehead atoms. The van der Waals surface area contributed by atoms with Crippen LogP contribution in [0.15, 0.2) is 6.20 Å². The van der Waals surface area contributed by atoms with E-state index in [2.05, 4.69) is 58.5 Å². The van der Waals surface area contributed by atoms with Crippen LogP contribution in [0.1, 0.15) is 58.1 Å². The van der Waals surface area contributed by atoms with Crippen molar-refractivity contribution in [3.8, 4) is 0 Å². The van der Waals surface area contributed by atoms with Crippen LogP contribution in [-0.4, -0.2) is 54.9 Å². The average Bonchev–Trinajstić information content (AvgIpc) is 2.94. The van der Waals surface area contributed by atoms with Crippen molar-refractivity contribution in [3.05, 3.63) is 15.5 Å². The molecule has 4 saturated carbocycles.